The molecule has 0 radical (unpaired) electrons. The summed E-state index contributed by atoms with van der Waals surface area (Å²) in [5, 5.41) is 7.55. The molecule has 0 unspecified atom stereocenters. The van der Waals surface area contributed by atoms with Crippen LogP contribution in [-0.4, -0.2) is 32.4 Å². The van der Waals surface area contributed by atoms with Crippen LogP contribution in [0.3, 0.4) is 0 Å². The van der Waals surface area contributed by atoms with Crippen molar-refractivity contribution in [1.29, 1.82) is 0 Å². The molecule has 1 aromatic carbocycles. The normalized spacial score (nSPS) is 11.2. The number of carbonyl (C=O) groups excluding carboxylic acids is 1. The SMILES string of the molecule is Cc1ccc(NC(=O)c2ccc(NCCNS(=O)(=O)c3cccs3)nc2)cc1. The lowest BCUT2D eigenvalue weighted by atomic mass is 10.2. The van der Waals surface area contributed by atoms with E-state index in [0.29, 0.717) is 17.9 Å². The van der Waals surface area contributed by atoms with Crippen LogP contribution < -0.4 is 15.4 Å². The second-order valence-corrected chi connectivity index (χ2v) is 8.95. The van der Waals surface area contributed by atoms with Crippen molar-refractivity contribution in [1.82, 2.24) is 9.71 Å². The summed E-state index contributed by atoms with van der Waals surface area (Å²) in [5.41, 5.74) is 2.27. The number of aromatic nitrogens is 1. The van der Waals surface area contributed by atoms with E-state index in [4.69, 9.17) is 0 Å². The molecule has 0 bridgehead atoms. The number of nitrogens with zero attached hydrogens (tertiary/aromatic N) is 1. The molecule has 2 aromatic heterocycles. The number of amides is 1. The summed E-state index contributed by atoms with van der Waals surface area (Å²) < 4.78 is 26.8. The first-order chi connectivity index (χ1) is 13.4. The fourth-order valence-corrected chi connectivity index (χ4v) is 4.41. The van der Waals surface area contributed by atoms with Crippen LogP contribution in [-0.2, 0) is 10.0 Å². The van der Waals surface area contributed by atoms with Crippen LogP contribution in [0.5, 0.6) is 0 Å². The Bertz CT molecular complexity index is 1020. The molecular formula is C19H20N4O3S2. The van der Waals surface area contributed by atoms with Crippen molar-refractivity contribution in [2.24, 2.45) is 0 Å². The second kappa shape index (κ2) is 8.96. The van der Waals surface area contributed by atoms with Crippen molar-refractivity contribution < 1.29 is 13.2 Å². The van der Waals surface area contributed by atoms with E-state index in [-0.39, 0.29) is 16.7 Å². The summed E-state index contributed by atoms with van der Waals surface area (Å²) in [5.74, 6) is 0.314. The van der Waals surface area contributed by atoms with Crippen LogP contribution >= 0.6 is 11.3 Å². The Balaban J connectivity index is 1.47. The van der Waals surface area contributed by atoms with E-state index < -0.39 is 10.0 Å². The van der Waals surface area contributed by atoms with Gasteiger partial charge in [-0.15, -0.1) is 11.3 Å². The van der Waals surface area contributed by atoms with Crippen molar-refractivity contribution in [3.05, 3.63) is 71.2 Å². The van der Waals surface area contributed by atoms with Gasteiger partial charge in [0.05, 0.1) is 5.56 Å². The van der Waals surface area contributed by atoms with Gasteiger partial charge in [0.2, 0.25) is 10.0 Å². The lowest BCUT2D eigenvalue weighted by Gasteiger charge is -2.08. The zero-order chi connectivity index (χ0) is 20.0. The number of nitrogens with one attached hydrogen (secondary N) is 3. The number of pyridine rings is 1. The van der Waals surface area contributed by atoms with Gasteiger partial charge in [0.1, 0.15) is 10.0 Å². The van der Waals surface area contributed by atoms with Gasteiger partial charge in [-0.2, -0.15) is 0 Å². The molecule has 7 nitrogen and oxygen atoms in total. The van der Waals surface area contributed by atoms with Gasteiger partial charge in [0.15, 0.2) is 0 Å². The minimum absolute atomic E-state index is 0.220. The van der Waals surface area contributed by atoms with Crippen LogP contribution in [0.2, 0.25) is 0 Å². The molecule has 3 rings (SSSR count). The molecule has 2 heterocycles. The van der Waals surface area contributed by atoms with Crippen LogP contribution in [0.1, 0.15) is 15.9 Å². The summed E-state index contributed by atoms with van der Waals surface area (Å²) in [7, 11) is -3.47. The Kier molecular flexibility index (Phi) is 6.40. The van der Waals surface area contributed by atoms with Gasteiger partial charge in [-0.05, 0) is 42.6 Å². The Morgan fingerprint density at radius 3 is 2.50 bits per heavy atom. The topological polar surface area (TPSA) is 100 Å². The van der Waals surface area contributed by atoms with Gasteiger partial charge in [-0.3, -0.25) is 4.79 Å². The number of hydrogen-bond donors (Lipinski definition) is 3. The van der Waals surface area contributed by atoms with Crippen LogP contribution in [0.15, 0.2) is 64.3 Å². The highest BCUT2D eigenvalue weighted by molar-refractivity contribution is 7.91. The van der Waals surface area contributed by atoms with Crippen LogP contribution in [0, 0.1) is 6.92 Å². The molecule has 0 aliphatic heterocycles. The number of carbonyl (C=O) groups is 1. The molecule has 0 saturated heterocycles. The molecule has 3 N–H and O–H groups in total. The largest absolute Gasteiger partial charge is 0.369 e. The lowest BCUT2D eigenvalue weighted by molar-refractivity contribution is 0.102. The molecule has 0 aliphatic carbocycles. The molecule has 28 heavy (non-hydrogen) atoms. The molecule has 0 atom stereocenters. The smallest absolute Gasteiger partial charge is 0.257 e. The highest BCUT2D eigenvalue weighted by Crippen LogP contribution is 2.15. The van der Waals surface area contributed by atoms with Crippen LogP contribution in [0.4, 0.5) is 11.5 Å². The number of anilines is 2. The third-order valence-electron chi connectivity index (χ3n) is 3.82. The van der Waals surface area contributed by atoms with Gasteiger partial charge in [-0.25, -0.2) is 18.1 Å². The highest BCUT2D eigenvalue weighted by Gasteiger charge is 2.13. The van der Waals surface area contributed by atoms with E-state index in [1.165, 1.54) is 17.5 Å². The van der Waals surface area contributed by atoms with Gasteiger partial charge in [0.25, 0.3) is 5.91 Å². The minimum atomic E-state index is -3.47. The number of hydrogen-bond acceptors (Lipinski definition) is 6. The maximum Gasteiger partial charge on any atom is 0.257 e. The fraction of sp³-hybridized carbons (Fsp3) is 0.158. The summed E-state index contributed by atoms with van der Waals surface area (Å²) in [4.78, 5) is 16.4. The monoisotopic (exact) mass is 416 g/mol. The number of sulfonamides is 1. The van der Waals surface area contributed by atoms with E-state index >= 15 is 0 Å². The van der Waals surface area contributed by atoms with Gasteiger partial charge in [0, 0.05) is 25.0 Å². The Hall–Kier alpha value is -2.75. The van der Waals surface area contributed by atoms with E-state index in [9.17, 15) is 13.2 Å². The minimum Gasteiger partial charge on any atom is -0.369 e. The summed E-state index contributed by atoms with van der Waals surface area (Å²) >= 11 is 1.17. The van der Waals surface area contributed by atoms with Gasteiger partial charge < -0.3 is 10.6 Å². The standard InChI is InChI=1S/C19H20N4O3S2/c1-14-4-7-16(8-5-14)23-19(24)15-6-9-17(21-13-15)20-10-11-22-28(25,26)18-3-2-12-27-18/h2-9,12-13,22H,10-11H2,1H3,(H,20,21)(H,23,24). The first kappa shape index (κ1) is 20.0. The number of benzene rings is 1. The van der Waals surface area contributed by atoms with Gasteiger partial charge in [-0.1, -0.05) is 23.8 Å². The lowest BCUT2D eigenvalue weighted by Crippen LogP contribution is -2.28. The average molecular weight is 417 g/mol. The maximum atomic E-state index is 12.2. The first-order valence-corrected chi connectivity index (χ1v) is 10.9. The molecule has 1 amide bonds. The van der Waals surface area contributed by atoms with E-state index in [1.54, 1.807) is 29.6 Å². The Morgan fingerprint density at radius 2 is 1.86 bits per heavy atom. The summed E-state index contributed by atoms with van der Waals surface area (Å²) in [6.07, 6.45) is 1.47. The third-order valence-corrected chi connectivity index (χ3v) is 6.68. The number of rotatable bonds is 8. The number of thiophene rings is 1. The summed E-state index contributed by atoms with van der Waals surface area (Å²) in [6.45, 7) is 2.57. The van der Waals surface area contributed by atoms with Crippen molar-refractivity contribution in [3.63, 3.8) is 0 Å². The van der Waals surface area contributed by atoms with Gasteiger partial charge >= 0.3 is 0 Å². The Labute approximate surface area is 167 Å². The van der Waals surface area contributed by atoms with Crippen molar-refractivity contribution in [2.75, 3.05) is 23.7 Å². The quantitative estimate of drug-likeness (QED) is 0.490. The average Bonchev–Trinajstić information content (AvgIpc) is 3.23. The second-order valence-electron chi connectivity index (χ2n) is 6.01. The van der Waals surface area contributed by atoms with Crippen molar-refractivity contribution in [3.8, 4) is 0 Å². The van der Waals surface area contributed by atoms with E-state index in [1.807, 2.05) is 31.2 Å². The van der Waals surface area contributed by atoms with Crippen molar-refractivity contribution >= 4 is 38.8 Å². The highest BCUT2D eigenvalue weighted by atomic mass is 32.2. The molecular weight excluding hydrogens is 396 g/mol. The zero-order valence-corrected chi connectivity index (χ0v) is 16.8. The number of aryl methyl sites for hydroxylation is 1. The first-order valence-electron chi connectivity index (χ1n) is 8.55. The molecule has 0 spiro atoms. The predicted molar refractivity (Wildman–Crippen MR) is 111 cm³/mol. The third kappa shape index (κ3) is 5.38. The van der Waals surface area contributed by atoms with E-state index in [2.05, 4.69) is 20.3 Å². The molecule has 0 fully saturated rings. The molecule has 0 aliphatic rings. The van der Waals surface area contributed by atoms with Crippen LogP contribution in [0.25, 0.3) is 0 Å². The molecule has 3 aromatic rings. The zero-order valence-electron chi connectivity index (χ0n) is 15.2. The maximum absolute atomic E-state index is 12.2. The molecule has 0 saturated carbocycles. The molecule has 9 heteroatoms. The predicted octanol–water partition coefficient (Wildman–Crippen LogP) is 3.09. The summed E-state index contributed by atoms with van der Waals surface area (Å²) in [6, 6.07) is 14.1. The van der Waals surface area contributed by atoms with E-state index in [0.717, 1.165) is 11.3 Å². The fourth-order valence-electron chi connectivity index (χ4n) is 2.34. The Morgan fingerprint density at radius 1 is 1.07 bits per heavy atom. The molecule has 146 valence electrons. The van der Waals surface area contributed by atoms with Crippen molar-refractivity contribution in [2.45, 2.75) is 11.1 Å².